The fraction of sp³-hybridized carbons (Fsp3) is 0.238. The van der Waals surface area contributed by atoms with Crippen molar-refractivity contribution in [3.05, 3.63) is 81.0 Å². The Kier molecular flexibility index (Phi) is 6.20. The Morgan fingerprint density at radius 1 is 1.15 bits per heavy atom. The van der Waals surface area contributed by atoms with Gasteiger partial charge < -0.3 is 10.2 Å². The molecule has 0 saturated carbocycles. The fourth-order valence-corrected chi connectivity index (χ4v) is 4.05. The molecule has 0 spiro atoms. The Bertz CT molecular complexity index is 912. The van der Waals surface area contributed by atoms with Crippen LogP contribution < -0.4 is 5.32 Å². The number of thiocarbonyl (C=S) groups is 1. The first-order chi connectivity index (χ1) is 13.0. The van der Waals surface area contributed by atoms with E-state index in [1.807, 2.05) is 54.3 Å². The molecule has 0 amide bonds. The predicted octanol–water partition coefficient (Wildman–Crippen LogP) is 5.79. The number of halogens is 2. The second-order valence-electron chi connectivity index (χ2n) is 6.37. The number of nitrogens with one attached hydrogen (secondary N) is 1. The second-order valence-corrected chi connectivity index (χ2v) is 7.54. The van der Waals surface area contributed by atoms with Crippen molar-refractivity contribution < 1.29 is 4.79 Å². The molecule has 1 unspecified atom stereocenters. The molecule has 1 N–H and O–H groups in total. The van der Waals surface area contributed by atoms with Gasteiger partial charge in [0.1, 0.15) is 0 Å². The quantitative estimate of drug-likeness (QED) is 0.491. The van der Waals surface area contributed by atoms with Gasteiger partial charge in [-0.15, -0.1) is 0 Å². The van der Waals surface area contributed by atoms with Crippen LogP contribution in [0.2, 0.25) is 10.0 Å². The first-order valence-corrected chi connectivity index (χ1v) is 9.94. The van der Waals surface area contributed by atoms with Gasteiger partial charge in [0.05, 0.1) is 16.1 Å². The number of benzene rings is 2. The molecule has 2 aromatic carbocycles. The number of ketones is 1. The number of hydrogen-bond acceptors (Lipinski definition) is 2. The zero-order valence-electron chi connectivity index (χ0n) is 15.1. The minimum absolute atomic E-state index is 0.0507. The van der Waals surface area contributed by atoms with E-state index < -0.39 is 6.04 Å². The minimum atomic E-state index is -0.454. The number of carbonyl (C=O) groups is 1. The highest BCUT2D eigenvalue weighted by Crippen LogP contribution is 2.38. The number of nitrogens with zero attached hydrogens (tertiary/aromatic N) is 1. The second kappa shape index (κ2) is 8.42. The summed E-state index contributed by atoms with van der Waals surface area (Å²) in [7, 11) is 0. The molecule has 3 rings (SSSR count). The van der Waals surface area contributed by atoms with Gasteiger partial charge in [-0.05, 0) is 37.2 Å². The zero-order chi connectivity index (χ0) is 19.6. The zero-order valence-corrected chi connectivity index (χ0v) is 17.5. The minimum Gasteiger partial charge on any atom is -0.351 e. The topological polar surface area (TPSA) is 32.3 Å². The molecule has 2 aromatic rings. The van der Waals surface area contributed by atoms with Gasteiger partial charge in [-0.25, -0.2) is 0 Å². The highest BCUT2D eigenvalue weighted by molar-refractivity contribution is 7.80. The summed E-state index contributed by atoms with van der Waals surface area (Å²) in [5.74, 6) is -0.0507. The van der Waals surface area contributed by atoms with Gasteiger partial charge >= 0.3 is 0 Å². The van der Waals surface area contributed by atoms with E-state index in [1.165, 1.54) is 0 Å². The molecule has 0 aromatic heterocycles. The van der Waals surface area contributed by atoms with Crippen molar-refractivity contribution in [3.8, 4) is 0 Å². The molecule has 1 aliphatic heterocycles. The molecular formula is C21H20Cl2N2OS. The Morgan fingerprint density at radius 2 is 1.85 bits per heavy atom. The van der Waals surface area contributed by atoms with Gasteiger partial charge in [0.15, 0.2) is 10.9 Å². The molecule has 3 nitrogen and oxygen atoms in total. The molecule has 0 fully saturated rings. The van der Waals surface area contributed by atoms with Crippen LogP contribution in [0.4, 0.5) is 0 Å². The number of hydrogen-bond donors (Lipinski definition) is 1. The van der Waals surface area contributed by atoms with Crippen molar-refractivity contribution in [2.45, 2.75) is 26.3 Å². The Labute approximate surface area is 175 Å². The van der Waals surface area contributed by atoms with E-state index >= 15 is 0 Å². The summed E-state index contributed by atoms with van der Waals surface area (Å²) in [5.41, 5.74) is 2.84. The first kappa shape index (κ1) is 19.9. The molecular weight excluding hydrogens is 399 g/mol. The number of Topliss-reactive ketones (excluding diaryl/α,β-unsaturated/α-hetero) is 1. The van der Waals surface area contributed by atoms with Gasteiger partial charge in [0, 0.05) is 23.4 Å². The molecule has 0 aliphatic carbocycles. The third kappa shape index (κ3) is 3.88. The maximum Gasteiger partial charge on any atom is 0.193 e. The third-order valence-electron chi connectivity index (χ3n) is 4.62. The van der Waals surface area contributed by atoms with Crippen molar-refractivity contribution in [1.82, 2.24) is 10.2 Å². The molecule has 6 heteroatoms. The summed E-state index contributed by atoms with van der Waals surface area (Å²) in [6, 6.07) is 14.2. The molecule has 140 valence electrons. The highest BCUT2D eigenvalue weighted by atomic mass is 35.5. The SMILES string of the molecule is CCCN1C(=S)NC(c2cccc(Cl)c2Cl)C(C(=O)c2ccccc2)=C1C. The van der Waals surface area contributed by atoms with E-state index in [-0.39, 0.29) is 5.78 Å². The number of carbonyl (C=O) groups excluding carboxylic acids is 1. The summed E-state index contributed by atoms with van der Waals surface area (Å²) in [6.45, 7) is 4.75. The summed E-state index contributed by atoms with van der Waals surface area (Å²) >= 11 is 18.3. The van der Waals surface area contributed by atoms with Crippen molar-refractivity contribution in [3.63, 3.8) is 0 Å². The molecule has 0 bridgehead atoms. The van der Waals surface area contributed by atoms with Crippen molar-refractivity contribution >= 4 is 46.3 Å². The summed E-state index contributed by atoms with van der Waals surface area (Å²) < 4.78 is 0. The lowest BCUT2D eigenvalue weighted by molar-refractivity contribution is 0.102. The van der Waals surface area contributed by atoms with E-state index in [0.717, 1.165) is 24.2 Å². The molecule has 0 radical (unpaired) electrons. The van der Waals surface area contributed by atoms with Crippen LogP contribution in [0.25, 0.3) is 0 Å². The lowest BCUT2D eigenvalue weighted by Crippen LogP contribution is -2.48. The Balaban J connectivity index is 2.17. The number of allylic oxidation sites excluding steroid dienone is 1. The fourth-order valence-electron chi connectivity index (χ4n) is 3.29. The van der Waals surface area contributed by atoms with E-state index in [4.69, 9.17) is 35.4 Å². The Hall–Kier alpha value is -1.88. The first-order valence-electron chi connectivity index (χ1n) is 8.78. The maximum absolute atomic E-state index is 13.4. The van der Waals surface area contributed by atoms with Gasteiger partial charge in [-0.3, -0.25) is 4.79 Å². The van der Waals surface area contributed by atoms with Crippen molar-refractivity contribution in [2.75, 3.05) is 6.54 Å². The smallest absolute Gasteiger partial charge is 0.193 e. The largest absolute Gasteiger partial charge is 0.351 e. The lowest BCUT2D eigenvalue weighted by atomic mass is 9.89. The van der Waals surface area contributed by atoms with Crippen LogP contribution in [0, 0.1) is 0 Å². The average Bonchev–Trinajstić information content (AvgIpc) is 2.67. The average molecular weight is 419 g/mol. The van der Waals surface area contributed by atoms with E-state index in [1.54, 1.807) is 6.07 Å². The van der Waals surface area contributed by atoms with E-state index in [2.05, 4.69) is 12.2 Å². The van der Waals surface area contributed by atoms with Crippen LogP contribution in [0.3, 0.4) is 0 Å². The molecule has 0 saturated heterocycles. The molecule has 1 aliphatic rings. The monoisotopic (exact) mass is 418 g/mol. The van der Waals surface area contributed by atoms with Crippen LogP contribution in [0.15, 0.2) is 59.8 Å². The molecule has 1 heterocycles. The van der Waals surface area contributed by atoms with Gasteiger partial charge in [0.2, 0.25) is 0 Å². The maximum atomic E-state index is 13.4. The summed E-state index contributed by atoms with van der Waals surface area (Å²) in [4.78, 5) is 15.4. The Morgan fingerprint density at radius 3 is 2.52 bits per heavy atom. The van der Waals surface area contributed by atoms with Crippen molar-refractivity contribution in [2.24, 2.45) is 0 Å². The normalized spacial score (nSPS) is 17.1. The van der Waals surface area contributed by atoms with Crippen molar-refractivity contribution in [1.29, 1.82) is 0 Å². The summed E-state index contributed by atoms with van der Waals surface area (Å²) in [5, 5.41) is 4.76. The molecule has 27 heavy (non-hydrogen) atoms. The van der Waals surface area contributed by atoms with Crippen LogP contribution in [0.1, 0.15) is 42.2 Å². The summed E-state index contributed by atoms with van der Waals surface area (Å²) in [6.07, 6.45) is 0.911. The van der Waals surface area contributed by atoms with E-state index in [9.17, 15) is 4.79 Å². The van der Waals surface area contributed by atoms with Crippen LogP contribution in [-0.4, -0.2) is 22.3 Å². The van der Waals surface area contributed by atoms with E-state index in [0.29, 0.717) is 26.3 Å². The third-order valence-corrected chi connectivity index (χ3v) is 5.79. The van der Waals surface area contributed by atoms with Crippen LogP contribution in [-0.2, 0) is 0 Å². The molecule has 1 atom stereocenters. The predicted molar refractivity (Wildman–Crippen MR) is 115 cm³/mol. The lowest BCUT2D eigenvalue weighted by Gasteiger charge is -2.38. The standard InChI is InChI=1S/C21H20Cl2N2OS/c1-3-12-25-13(2)17(20(26)14-8-5-4-6-9-14)19(24-21(25)27)15-10-7-11-16(22)18(15)23/h4-11,19H,3,12H2,1-2H3,(H,24,27). The van der Waals surface area contributed by atoms with Crippen LogP contribution >= 0.6 is 35.4 Å². The van der Waals surface area contributed by atoms with Gasteiger partial charge in [-0.2, -0.15) is 0 Å². The van der Waals surface area contributed by atoms with Gasteiger partial charge in [0.25, 0.3) is 0 Å². The van der Waals surface area contributed by atoms with Gasteiger partial charge in [-0.1, -0.05) is 72.6 Å². The highest BCUT2D eigenvalue weighted by Gasteiger charge is 2.35. The number of rotatable bonds is 5. The van der Waals surface area contributed by atoms with Crippen LogP contribution in [0.5, 0.6) is 0 Å².